The van der Waals surface area contributed by atoms with Gasteiger partial charge in [-0.25, -0.2) is 0 Å². The van der Waals surface area contributed by atoms with E-state index in [9.17, 15) is 5.11 Å². The lowest BCUT2D eigenvalue weighted by Gasteiger charge is -2.12. The van der Waals surface area contributed by atoms with Crippen LogP contribution in [0.1, 0.15) is 17.2 Å². The molecule has 0 saturated heterocycles. The van der Waals surface area contributed by atoms with Gasteiger partial charge in [-0.1, -0.05) is 24.3 Å². The molecule has 0 fully saturated rings. The Morgan fingerprint density at radius 1 is 0.750 bits per heavy atom. The molecule has 0 heterocycles. The highest BCUT2D eigenvalue weighted by Crippen LogP contribution is 2.31. The van der Waals surface area contributed by atoms with Crippen molar-refractivity contribution < 1.29 is 24.1 Å². The van der Waals surface area contributed by atoms with Crippen LogP contribution in [0.2, 0.25) is 0 Å². The first-order valence-corrected chi connectivity index (χ1v) is 7.43. The Hall–Kier alpha value is -2.66. The Morgan fingerprint density at radius 3 is 1.88 bits per heavy atom. The Labute approximate surface area is 142 Å². The summed E-state index contributed by atoms with van der Waals surface area (Å²) < 4.78 is 20.9. The topological polar surface area (TPSA) is 57.2 Å². The summed E-state index contributed by atoms with van der Waals surface area (Å²) in [6, 6.07) is 10.9. The molecule has 2 rings (SSSR count). The van der Waals surface area contributed by atoms with Crippen molar-refractivity contribution in [2.24, 2.45) is 0 Å². The number of rotatable bonds is 7. The monoisotopic (exact) mass is 330 g/mol. The van der Waals surface area contributed by atoms with Gasteiger partial charge < -0.3 is 24.1 Å². The van der Waals surface area contributed by atoms with Gasteiger partial charge in [0.1, 0.15) is 0 Å². The van der Waals surface area contributed by atoms with Crippen LogP contribution in [0.15, 0.2) is 42.5 Å². The first-order valence-electron chi connectivity index (χ1n) is 7.43. The van der Waals surface area contributed by atoms with Crippen molar-refractivity contribution in [3.8, 4) is 23.0 Å². The fraction of sp³-hybridized carbons (Fsp3) is 0.263. The molecule has 128 valence electrons. The number of aliphatic hydroxyl groups excluding tert-OH is 1. The predicted octanol–water partition coefficient (Wildman–Crippen LogP) is 3.47. The zero-order valence-corrected chi connectivity index (χ0v) is 14.3. The van der Waals surface area contributed by atoms with Crippen molar-refractivity contribution in [1.29, 1.82) is 0 Å². The van der Waals surface area contributed by atoms with E-state index in [1.165, 1.54) is 0 Å². The molecular formula is C19H22O5. The van der Waals surface area contributed by atoms with Gasteiger partial charge in [0.15, 0.2) is 23.0 Å². The van der Waals surface area contributed by atoms with Crippen molar-refractivity contribution in [2.75, 3.05) is 28.4 Å². The zero-order valence-electron chi connectivity index (χ0n) is 14.3. The molecule has 1 unspecified atom stereocenters. The van der Waals surface area contributed by atoms with Crippen LogP contribution in [0.4, 0.5) is 0 Å². The highest BCUT2D eigenvalue weighted by atomic mass is 16.5. The summed E-state index contributed by atoms with van der Waals surface area (Å²) >= 11 is 0. The molecule has 5 heteroatoms. The second kappa shape index (κ2) is 8.26. The molecule has 2 aromatic rings. The van der Waals surface area contributed by atoms with Crippen molar-refractivity contribution in [1.82, 2.24) is 0 Å². The van der Waals surface area contributed by atoms with Crippen molar-refractivity contribution in [3.63, 3.8) is 0 Å². The van der Waals surface area contributed by atoms with Gasteiger partial charge in [-0.3, -0.25) is 0 Å². The lowest BCUT2D eigenvalue weighted by molar-refractivity contribution is 0.228. The van der Waals surface area contributed by atoms with Crippen LogP contribution in [-0.4, -0.2) is 33.5 Å². The second-order valence-electron chi connectivity index (χ2n) is 5.03. The minimum absolute atomic E-state index is 0.577. The van der Waals surface area contributed by atoms with E-state index < -0.39 is 6.10 Å². The number of benzene rings is 2. The molecule has 5 nitrogen and oxygen atoms in total. The van der Waals surface area contributed by atoms with Crippen LogP contribution in [0.5, 0.6) is 23.0 Å². The summed E-state index contributed by atoms with van der Waals surface area (Å²) in [6.07, 6.45) is 2.75. The van der Waals surface area contributed by atoms with E-state index in [1.807, 2.05) is 24.3 Å². The standard InChI is InChI=1S/C19H22O5/c1-21-16-9-6-13(11-18(16)23-3)5-8-15(20)14-7-10-17(22-2)19(12-14)24-4/h5-12,15,20H,1-4H3/b8-5+. The molecule has 0 amide bonds. The Bertz CT molecular complexity index is 709. The second-order valence-corrected chi connectivity index (χ2v) is 5.03. The summed E-state index contributed by atoms with van der Waals surface area (Å²) in [5.74, 6) is 2.50. The summed E-state index contributed by atoms with van der Waals surface area (Å²) in [7, 11) is 6.32. The number of hydrogen-bond acceptors (Lipinski definition) is 5. The average Bonchev–Trinajstić information content (AvgIpc) is 2.64. The van der Waals surface area contributed by atoms with Crippen LogP contribution in [0.3, 0.4) is 0 Å². The van der Waals surface area contributed by atoms with Crippen LogP contribution in [-0.2, 0) is 0 Å². The van der Waals surface area contributed by atoms with Gasteiger partial charge in [0.05, 0.1) is 34.5 Å². The third-order valence-corrected chi connectivity index (χ3v) is 3.63. The van der Waals surface area contributed by atoms with E-state index in [1.54, 1.807) is 52.7 Å². The average molecular weight is 330 g/mol. The lowest BCUT2D eigenvalue weighted by Crippen LogP contribution is -1.96. The summed E-state index contributed by atoms with van der Waals surface area (Å²) in [4.78, 5) is 0. The molecule has 1 atom stereocenters. The van der Waals surface area contributed by atoms with Crippen molar-refractivity contribution >= 4 is 6.08 Å². The highest BCUT2D eigenvalue weighted by Gasteiger charge is 2.09. The molecule has 0 radical (unpaired) electrons. The maximum absolute atomic E-state index is 10.4. The lowest BCUT2D eigenvalue weighted by atomic mass is 10.1. The molecule has 0 aliphatic rings. The minimum Gasteiger partial charge on any atom is -0.493 e. The normalized spacial score (nSPS) is 12.0. The fourth-order valence-corrected chi connectivity index (χ4v) is 2.31. The summed E-state index contributed by atoms with van der Waals surface area (Å²) in [5.41, 5.74) is 1.61. The van der Waals surface area contributed by atoms with E-state index in [2.05, 4.69) is 0 Å². The Balaban J connectivity index is 2.19. The van der Waals surface area contributed by atoms with Gasteiger partial charge in [0.25, 0.3) is 0 Å². The molecule has 2 aromatic carbocycles. The molecule has 0 bridgehead atoms. The van der Waals surface area contributed by atoms with Gasteiger partial charge in [0.2, 0.25) is 0 Å². The van der Waals surface area contributed by atoms with Crippen LogP contribution in [0, 0.1) is 0 Å². The molecule has 1 N–H and O–H groups in total. The number of hydrogen-bond donors (Lipinski definition) is 1. The SMILES string of the molecule is COc1ccc(/C=C/C(O)c2ccc(OC)c(OC)c2)cc1OC. The minimum atomic E-state index is -0.766. The molecule has 0 saturated carbocycles. The number of ether oxygens (including phenoxy) is 4. The summed E-state index contributed by atoms with van der Waals surface area (Å²) in [6.45, 7) is 0. The molecule has 0 spiro atoms. The van der Waals surface area contributed by atoms with Gasteiger partial charge in [-0.05, 0) is 35.4 Å². The largest absolute Gasteiger partial charge is 0.493 e. The van der Waals surface area contributed by atoms with Gasteiger partial charge in [0, 0.05) is 0 Å². The maximum atomic E-state index is 10.4. The van der Waals surface area contributed by atoms with Crippen molar-refractivity contribution in [3.05, 3.63) is 53.6 Å². The Kier molecular flexibility index (Phi) is 6.09. The number of aliphatic hydroxyl groups is 1. The Morgan fingerprint density at radius 2 is 1.29 bits per heavy atom. The van der Waals surface area contributed by atoms with Crippen molar-refractivity contribution in [2.45, 2.75) is 6.10 Å². The molecule has 24 heavy (non-hydrogen) atoms. The first-order chi connectivity index (χ1) is 11.6. The van der Waals surface area contributed by atoms with Gasteiger partial charge in [-0.15, -0.1) is 0 Å². The van der Waals surface area contributed by atoms with Crippen LogP contribution >= 0.6 is 0 Å². The van der Waals surface area contributed by atoms with Gasteiger partial charge >= 0.3 is 0 Å². The van der Waals surface area contributed by atoms with E-state index in [0.29, 0.717) is 28.6 Å². The zero-order chi connectivity index (χ0) is 17.5. The summed E-state index contributed by atoms with van der Waals surface area (Å²) in [5, 5.41) is 10.4. The van der Waals surface area contributed by atoms with Crippen LogP contribution < -0.4 is 18.9 Å². The maximum Gasteiger partial charge on any atom is 0.161 e. The van der Waals surface area contributed by atoms with E-state index in [4.69, 9.17) is 18.9 Å². The number of methoxy groups -OCH3 is 4. The fourth-order valence-electron chi connectivity index (χ4n) is 2.31. The molecule has 0 aromatic heterocycles. The smallest absolute Gasteiger partial charge is 0.161 e. The van der Waals surface area contributed by atoms with Crippen LogP contribution in [0.25, 0.3) is 6.08 Å². The third kappa shape index (κ3) is 4.00. The molecule has 0 aliphatic carbocycles. The van der Waals surface area contributed by atoms with Gasteiger partial charge in [-0.2, -0.15) is 0 Å². The highest BCUT2D eigenvalue weighted by molar-refractivity contribution is 5.57. The molecular weight excluding hydrogens is 308 g/mol. The predicted molar refractivity (Wildman–Crippen MR) is 93.1 cm³/mol. The van der Waals surface area contributed by atoms with E-state index in [0.717, 1.165) is 5.56 Å². The quantitative estimate of drug-likeness (QED) is 0.842. The van der Waals surface area contributed by atoms with E-state index in [-0.39, 0.29) is 0 Å². The van der Waals surface area contributed by atoms with E-state index >= 15 is 0 Å². The first kappa shape index (κ1) is 17.7. The molecule has 0 aliphatic heterocycles. The third-order valence-electron chi connectivity index (χ3n) is 3.63.